The van der Waals surface area contributed by atoms with Gasteiger partial charge in [-0.1, -0.05) is 11.6 Å². The molecule has 0 aliphatic carbocycles. The monoisotopic (exact) mass is 132 g/mol. The van der Waals surface area contributed by atoms with E-state index < -0.39 is 0 Å². The summed E-state index contributed by atoms with van der Waals surface area (Å²) in [5, 5.41) is 8.97. The van der Waals surface area contributed by atoms with Crippen LogP contribution in [0.2, 0.25) is 0 Å². The lowest BCUT2D eigenvalue weighted by Crippen LogP contribution is -2.06. The maximum Gasteiger partial charge on any atom is 0.227 e. The highest BCUT2D eigenvalue weighted by molar-refractivity contribution is 6.31. The summed E-state index contributed by atoms with van der Waals surface area (Å²) in [6, 6.07) is 0. The van der Waals surface area contributed by atoms with Crippen molar-refractivity contribution in [2.45, 2.75) is 6.42 Å². The highest BCUT2D eigenvalue weighted by Gasteiger charge is 2.11. The SMILES string of the molecule is NC1=NC(O)=C(Cl)C1. The number of aliphatic imine (C=N–C) groups is 1. The molecule has 8 heavy (non-hydrogen) atoms. The van der Waals surface area contributed by atoms with Gasteiger partial charge >= 0.3 is 0 Å². The van der Waals surface area contributed by atoms with Crippen LogP contribution in [0.3, 0.4) is 0 Å². The van der Waals surface area contributed by atoms with Crippen molar-refractivity contribution in [3.63, 3.8) is 0 Å². The molecule has 1 rings (SSSR count). The third kappa shape index (κ3) is 0.767. The highest BCUT2D eigenvalue weighted by Crippen LogP contribution is 2.18. The molecule has 0 amide bonds. The molecular formula is C4H5ClN2O. The summed E-state index contributed by atoms with van der Waals surface area (Å²) >= 11 is 5.39. The van der Waals surface area contributed by atoms with Gasteiger partial charge in [-0.25, -0.2) is 0 Å². The number of amidine groups is 1. The second kappa shape index (κ2) is 1.67. The molecular weight excluding hydrogens is 128 g/mol. The molecule has 0 atom stereocenters. The average Bonchev–Trinajstić information content (AvgIpc) is 1.85. The zero-order valence-corrected chi connectivity index (χ0v) is 4.81. The Labute approximate surface area is 51.5 Å². The van der Waals surface area contributed by atoms with Crippen LogP contribution in [-0.4, -0.2) is 10.9 Å². The number of aliphatic hydroxyl groups is 1. The normalized spacial score (nSPS) is 19.4. The Morgan fingerprint density at radius 2 is 2.38 bits per heavy atom. The van der Waals surface area contributed by atoms with E-state index in [0.29, 0.717) is 17.3 Å². The van der Waals surface area contributed by atoms with Crippen LogP contribution in [-0.2, 0) is 0 Å². The first-order valence-electron chi connectivity index (χ1n) is 2.11. The van der Waals surface area contributed by atoms with Gasteiger partial charge in [-0.05, 0) is 0 Å². The number of rotatable bonds is 0. The summed E-state index contributed by atoms with van der Waals surface area (Å²) in [6.07, 6.45) is 0.382. The number of nitrogens with zero attached hydrogens (tertiary/aromatic N) is 1. The third-order valence-corrected chi connectivity index (χ3v) is 1.13. The minimum absolute atomic E-state index is 0.149. The van der Waals surface area contributed by atoms with Crippen LogP contribution < -0.4 is 5.73 Å². The van der Waals surface area contributed by atoms with E-state index in [1.165, 1.54) is 0 Å². The molecule has 0 fully saturated rings. The first kappa shape index (κ1) is 5.44. The van der Waals surface area contributed by atoms with Gasteiger partial charge in [-0.2, -0.15) is 4.99 Å². The van der Waals surface area contributed by atoms with Crippen LogP contribution >= 0.6 is 11.6 Å². The molecule has 1 aliphatic heterocycles. The molecule has 1 heterocycles. The van der Waals surface area contributed by atoms with Crippen molar-refractivity contribution in [3.05, 3.63) is 10.9 Å². The Kier molecular flexibility index (Phi) is 1.13. The molecule has 3 N–H and O–H groups in total. The summed E-state index contributed by atoms with van der Waals surface area (Å²) < 4.78 is 0. The highest BCUT2D eigenvalue weighted by atomic mass is 35.5. The zero-order chi connectivity index (χ0) is 6.15. The molecule has 4 heteroatoms. The van der Waals surface area contributed by atoms with Gasteiger partial charge in [0, 0.05) is 6.42 Å². The average molecular weight is 133 g/mol. The van der Waals surface area contributed by atoms with E-state index in [4.69, 9.17) is 22.4 Å². The van der Waals surface area contributed by atoms with Gasteiger partial charge in [-0.15, -0.1) is 0 Å². The smallest absolute Gasteiger partial charge is 0.227 e. The molecule has 0 radical (unpaired) electrons. The zero-order valence-electron chi connectivity index (χ0n) is 4.06. The Hall–Kier alpha value is -0.700. The molecule has 1 aliphatic rings. The number of hydrogen-bond acceptors (Lipinski definition) is 3. The summed E-state index contributed by atoms with van der Waals surface area (Å²) in [4.78, 5) is 3.47. The summed E-state index contributed by atoms with van der Waals surface area (Å²) in [5.74, 6) is 0.219. The fourth-order valence-corrected chi connectivity index (χ4v) is 0.653. The molecule has 0 bridgehead atoms. The minimum atomic E-state index is -0.149. The Morgan fingerprint density at radius 1 is 1.75 bits per heavy atom. The van der Waals surface area contributed by atoms with Crippen LogP contribution in [0.5, 0.6) is 0 Å². The van der Waals surface area contributed by atoms with Crippen LogP contribution in [0.25, 0.3) is 0 Å². The maximum absolute atomic E-state index is 8.65. The van der Waals surface area contributed by atoms with Crippen molar-refractivity contribution >= 4 is 17.4 Å². The molecule has 0 aromatic rings. The maximum atomic E-state index is 8.65. The molecule has 0 aromatic heterocycles. The number of hydrogen-bond donors (Lipinski definition) is 2. The first-order valence-corrected chi connectivity index (χ1v) is 2.48. The molecule has 44 valence electrons. The largest absolute Gasteiger partial charge is 0.492 e. The van der Waals surface area contributed by atoms with E-state index in [1.54, 1.807) is 0 Å². The number of nitrogens with two attached hydrogens (primary N) is 1. The van der Waals surface area contributed by atoms with Gasteiger partial charge in [0.25, 0.3) is 0 Å². The summed E-state index contributed by atoms with van der Waals surface area (Å²) in [5.41, 5.74) is 5.18. The predicted octanol–water partition coefficient (Wildman–Crippen LogP) is 0.713. The Morgan fingerprint density at radius 3 is 2.50 bits per heavy atom. The first-order chi connectivity index (χ1) is 3.70. The van der Waals surface area contributed by atoms with Gasteiger partial charge in [0.05, 0.1) is 5.03 Å². The summed E-state index contributed by atoms with van der Waals surface area (Å²) in [7, 11) is 0. The van der Waals surface area contributed by atoms with Crippen LogP contribution in [0.1, 0.15) is 6.42 Å². The van der Waals surface area contributed by atoms with Crippen LogP contribution in [0.4, 0.5) is 0 Å². The van der Waals surface area contributed by atoms with Crippen LogP contribution in [0.15, 0.2) is 15.9 Å². The molecule has 0 spiro atoms. The topological polar surface area (TPSA) is 58.6 Å². The molecule has 0 saturated carbocycles. The van der Waals surface area contributed by atoms with Crippen LogP contribution in [0, 0.1) is 0 Å². The van der Waals surface area contributed by atoms with E-state index in [2.05, 4.69) is 4.99 Å². The van der Waals surface area contributed by atoms with Crippen molar-refractivity contribution in [3.8, 4) is 0 Å². The predicted molar refractivity (Wildman–Crippen MR) is 31.7 cm³/mol. The van der Waals surface area contributed by atoms with E-state index >= 15 is 0 Å². The lowest BCUT2D eigenvalue weighted by Gasteiger charge is -1.82. The fourth-order valence-electron chi connectivity index (χ4n) is 0.474. The van der Waals surface area contributed by atoms with E-state index in [1.807, 2.05) is 0 Å². The Balaban J connectivity index is 2.79. The van der Waals surface area contributed by atoms with Crippen molar-refractivity contribution in [2.75, 3.05) is 0 Å². The van der Waals surface area contributed by atoms with Gasteiger partial charge in [0.1, 0.15) is 5.84 Å². The van der Waals surface area contributed by atoms with Gasteiger partial charge in [-0.3, -0.25) is 0 Å². The lowest BCUT2D eigenvalue weighted by molar-refractivity contribution is 0.407. The molecule has 0 aromatic carbocycles. The van der Waals surface area contributed by atoms with E-state index in [0.717, 1.165) is 0 Å². The molecule has 3 nitrogen and oxygen atoms in total. The van der Waals surface area contributed by atoms with Gasteiger partial charge < -0.3 is 10.8 Å². The second-order valence-corrected chi connectivity index (χ2v) is 1.96. The summed E-state index contributed by atoms with van der Waals surface area (Å²) in [6.45, 7) is 0. The molecule has 0 unspecified atom stereocenters. The number of aliphatic hydroxyl groups excluding tert-OH is 1. The molecule has 0 saturated heterocycles. The van der Waals surface area contributed by atoms with Gasteiger partial charge in [0.15, 0.2) is 0 Å². The number of halogens is 1. The minimum Gasteiger partial charge on any atom is -0.492 e. The van der Waals surface area contributed by atoms with Crippen molar-refractivity contribution < 1.29 is 5.11 Å². The second-order valence-electron chi connectivity index (χ2n) is 1.51. The standard InChI is InChI=1S/C4H5ClN2O/c5-2-1-3(6)7-4(2)8/h8H,1H2,(H2,6,7). The van der Waals surface area contributed by atoms with Gasteiger partial charge in [0.2, 0.25) is 5.88 Å². The van der Waals surface area contributed by atoms with E-state index in [-0.39, 0.29) is 5.88 Å². The lowest BCUT2D eigenvalue weighted by atomic mass is 10.4. The van der Waals surface area contributed by atoms with E-state index in [9.17, 15) is 0 Å². The fraction of sp³-hybridized carbons (Fsp3) is 0.250. The van der Waals surface area contributed by atoms with Crippen molar-refractivity contribution in [1.82, 2.24) is 0 Å². The Bertz CT molecular complexity index is 173. The third-order valence-electron chi connectivity index (χ3n) is 0.828. The quantitative estimate of drug-likeness (QED) is 0.510. The van der Waals surface area contributed by atoms with Crippen molar-refractivity contribution in [2.24, 2.45) is 10.7 Å². The van der Waals surface area contributed by atoms with Crippen molar-refractivity contribution in [1.29, 1.82) is 0 Å².